The van der Waals surface area contributed by atoms with Crippen LogP contribution in [0.15, 0.2) is 48.5 Å². The second kappa shape index (κ2) is 9.67. The van der Waals surface area contributed by atoms with Crippen molar-refractivity contribution in [3.63, 3.8) is 0 Å². The first kappa shape index (κ1) is 21.0. The summed E-state index contributed by atoms with van der Waals surface area (Å²) >= 11 is 0. The topological polar surface area (TPSA) is 64.3 Å². The fourth-order valence-corrected chi connectivity index (χ4v) is 3.82. The van der Waals surface area contributed by atoms with Gasteiger partial charge in [0.1, 0.15) is 38.5 Å². The van der Waals surface area contributed by atoms with E-state index < -0.39 is 0 Å². The van der Waals surface area contributed by atoms with E-state index in [0.29, 0.717) is 11.3 Å². The summed E-state index contributed by atoms with van der Waals surface area (Å²) in [6.45, 7) is 8.52. The van der Waals surface area contributed by atoms with Gasteiger partial charge in [0, 0.05) is 16.8 Å². The first-order chi connectivity index (χ1) is 14.0. The summed E-state index contributed by atoms with van der Waals surface area (Å²) in [5, 5.41) is 2.97. The highest BCUT2D eigenvalue weighted by molar-refractivity contribution is 5.97. The molecule has 0 aromatic heterocycles. The second-order valence-electron chi connectivity index (χ2n) is 7.78. The van der Waals surface area contributed by atoms with Gasteiger partial charge in [-0.3, -0.25) is 9.59 Å². The molecule has 3 N–H and O–H groups in total. The van der Waals surface area contributed by atoms with Crippen LogP contribution in [0, 0.1) is 0 Å². The number of rotatable bonds is 7. The van der Waals surface area contributed by atoms with Crippen LogP contribution in [0.25, 0.3) is 0 Å². The lowest BCUT2D eigenvalue weighted by Gasteiger charge is -2.32. The molecule has 2 aromatic rings. The highest BCUT2D eigenvalue weighted by Gasteiger charge is 2.31. The first-order valence-electron chi connectivity index (χ1n) is 10.2. The summed E-state index contributed by atoms with van der Waals surface area (Å²) in [7, 11) is 1.68. The molecule has 0 saturated carbocycles. The van der Waals surface area contributed by atoms with Crippen LogP contribution in [-0.4, -0.2) is 51.0 Å². The van der Waals surface area contributed by atoms with Crippen LogP contribution < -0.4 is 19.9 Å². The quantitative estimate of drug-likeness (QED) is 0.586. The van der Waals surface area contributed by atoms with E-state index in [1.807, 2.05) is 25.1 Å². The molecule has 0 unspecified atom stereocenters. The van der Waals surface area contributed by atoms with E-state index in [2.05, 4.69) is 17.4 Å². The number of quaternary nitrogens is 2. The molecule has 1 heterocycles. The average molecular weight is 398 g/mol. The number of piperazine rings is 1. The average Bonchev–Trinajstić information content (AvgIpc) is 2.74. The highest BCUT2D eigenvalue weighted by Crippen LogP contribution is 2.12. The third-order valence-electron chi connectivity index (χ3n) is 5.75. The van der Waals surface area contributed by atoms with Gasteiger partial charge in [0.25, 0.3) is 5.91 Å². The largest absolute Gasteiger partial charge is 0.497 e. The number of carbonyl (C=O) groups is 2. The Morgan fingerprint density at radius 2 is 1.76 bits per heavy atom. The Morgan fingerprint density at radius 3 is 2.38 bits per heavy atom. The molecule has 1 aliphatic rings. The zero-order chi connectivity index (χ0) is 20.8. The number of ketones is 1. The summed E-state index contributed by atoms with van der Waals surface area (Å²) in [4.78, 5) is 27.1. The monoisotopic (exact) mass is 397 g/mol. The lowest BCUT2D eigenvalue weighted by Crippen LogP contribution is -3.29. The number of methoxy groups -OCH3 is 1. The van der Waals surface area contributed by atoms with Gasteiger partial charge in [0.05, 0.1) is 7.11 Å². The van der Waals surface area contributed by atoms with E-state index in [1.165, 1.54) is 17.4 Å². The summed E-state index contributed by atoms with van der Waals surface area (Å²) in [5.74, 6) is 0.877. The molecule has 1 fully saturated rings. The highest BCUT2D eigenvalue weighted by atomic mass is 16.5. The fourth-order valence-electron chi connectivity index (χ4n) is 3.82. The maximum Gasteiger partial charge on any atom is 0.282 e. The molecular formula is C23H31N3O3+2. The van der Waals surface area contributed by atoms with Gasteiger partial charge < -0.3 is 19.9 Å². The molecule has 6 heteroatoms. The van der Waals surface area contributed by atoms with Crippen LogP contribution in [0.5, 0.6) is 5.75 Å². The van der Waals surface area contributed by atoms with Crippen LogP contribution in [-0.2, 0) is 11.3 Å². The van der Waals surface area contributed by atoms with Crippen molar-refractivity contribution in [1.29, 1.82) is 0 Å². The molecule has 0 spiro atoms. The number of Topliss-reactive ketones (excluding diaryl/α,β-unsaturated/α-hetero) is 1. The van der Waals surface area contributed by atoms with Crippen molar-refractivity contribution >= 4 is 17.4 Å². The van der Waals surface area contributed by atoms with E-state index >= 15 is 0 Å². The van der Waals surface area contributed by atoms with Crippen LogP contribution in [0.1, 0.15) is 29.8 Å². The number of hydrogen-bond donors (Lipinski definition) is 3. The number of ether oxygens (including phenoxy) is 1. The molecule has 1 amide bonds. The van der Waals surface area contributed by atoms with Gasteiger partial charge in [-0.25, -0.2) is 0 Å². The third-order valence-corrected chi connectivity index (χ3v) is 5.75. The predicted molar refractivity (Wildman–Crippen MR) is 113 cm³/mol. The maximum atomic E-state index is 12.7. The molecule has 29 heavy (non-hydrogen) atoms. The van der Waals surface area contributed by atoms with Crippen molar-refractivity contribution in [2.24, 2.45) is 0 Å². The Bertz CT molecular complexity index is 843. The smallest absolute Gasteiger partial charge is 0.282 e. The zero-order valence-corrected chi connectivity index (χ0v) is 17.5. The normalized spacial score (nSPS) is 20.0. The third kappa shape index (κ3) is 5.65. The molecule has 1 aliphatic heterocycles. The van der Waals surface area contributed by atoms with Crippen LogP contribution in [0.3, 0.4) is 0 Å². The van der Waals surface area contributed by atoms with Gasteiger partial charge in [-0.05, 0) is 50.2 Å². The number of anilines is 1. The Hall–Kier alpha value is -2.70. The van der Waals surface area contributed by atoms with Crippen molar-refractivity contribution in [3.05, 3.63) is 59.7 Å². The number of nitrogens with one attached hydrogen (secondary N) is 3. The summed E-state index contributed by atoms with van der Waals surface area (Å²) in [5.41, 5.74) is 2.59. The van der Waals surface area contributed by atoms with Crippen molar-refractivity contribution in [2.75, 3.05) is 38.6 Å². The summed E-state index contributed by atoms with van der Waals surface area (Å²) in [6.07, 6.45) is 0. The number of carbonyl (C=O) groups excluding carboxylic acids is 2. The van der Waals surface area contributed by atoms with Crippen molar-refractivity contribution < 1.29 is 24.1 Å². The second-order valence-corrected chi connectivity index (χ2v) is 7.78. The number of hydrogen-bond acceptors (Lipinski definition) is 3. The number of amides is 1. The van der Waals surface area contributed by atoms with Gasteiger partial charge in [-0.15, -0.1) is 0 Å². The Kier molecular flexibility index (Phi) is 7.01. The lowest BCUT2D eigenvalue weighted by atomic mass is 10.1. The van der Waals surface area contributed by atoms with E-state index in [4.69, 9.17) is 4.74 Å². The molecule has 1 saturated heterocycles. The molecule has 3 rings (SSSR count). The molecule has 2 aromatic carbocycles. The molecule has 0 aliphatic carbocycles. The van der Waals surface area contributed by atoms with Crippen LogP contribution in [0.4, 0.5) is 5.69 Å². The minimum absolute atomic E-state index is 0.000642. The Morgan fingerprint density at radius 1 is 1.07 bits per heavy atom. The SMILES string of the molecule is COc1ccc(C[NH+]2CC[NH+]([C@H](C)C(=O)Nc3cccc(C(C)=O)c3)CC2)cc1. The minimum Gasteiger partial charge on any atom is -0.497 e. The summed E-state index contributed by atoms with van der Waals surface area (Å²) < 4.78 is 5.22. The van der Waals surface area contributed by atoms with Crippen molar-refractivity contribution in [1.82, 2.24) is 0 Å². The van der Waals surface area contributed by atoms with Crippen LogP contribution in [0.2, 0.25) is 0 Å². The van der Waals surface area contributed by atoms with Gasteiger partial charge >= 0.3 is 0 Å². The van der Waals surface area contributed by atoms with Crippen LogP contribution >= 0.6 is 0 Å². The van der Waals surface area contributed by atoms with Gasteiger partial charge in [0.15, 0.2) is 11.8 Å². The van der Waals surface area contributed by atoms with E-state index in [0.717, 1.165) is 38.5 Å². The minimum atomic E-state index is -0.126. The maximum absolute atomic E-state index is 12.7. The Labute approximate surface area is 172 Å². The first-order valence-corrected chi connectivity index (χ1v) is 10.2. The van der Waals surface area contributed by atoms with Gasteiger partial charge in [-0.1, -0.05) is 12.1 Å². The van der Waals surface area contributed by atoms with Crippen molar-refractivity contribution in [3.8, 4) is 5.75 Å². The number of benzene rings is 2. The Balaban J connectivity index is 1.49. The molecule has 154 valence electrons. The van der Waals surface area contributed by atoms with Gasteiger partial charge in [-0.2, -0.15) is 0 Å². The molecule has 6 nitrogen and oxygen atoms in total. The molecule has 0 bridgehead atoms. The standard InChI is InChI=1S/C23H29N3O3/c1-17(23(28)24-21-6-4-5-20(15-21)18(2)27)26-13-11-25(12-14-26)16-19-7-9-22(29-3)10-8-19/h4-10,15,17H,11-14,16H2,1-3H3,(H,24,28)/p+2/t17-/m1/s1. The predicted octanol–water partition coefficient (Wildman–Crippen LogP) is 0.208. The van der Waals surface area contributed by atoms with E-state index in [1.54, 1.807) is 30.2 Å². The summed E-state index contributed by atoms with van der Waals surface area (Å²) in [6, 6.07) is 15.2. The van der Waals surface area contributed by atoms with E-state index in [9.17, 15) is 9.59 Å². The molecule has 0 radical (unpaired) electrons. The molecular weight excluding hydrogens is 366 g/mol. The van der Waals surface area contributed by atoms with Gasteiger partial charge in [0.2, 0.25) is 0 Å². The zero-order valence-electron chi connectivity index (χ0n) is 17.5. The van der Waals surface area contributed by atoms with Crippen molar-refractivity contribution in [2.45, 2.75) is 26.4 Å². The fraction of sp³-hybridized carbons (Fsp3) is 0.391. The van der Waals surface area contributed by atoms with E-state index in [-0.39, 0.29) is 17.7 Å². The lowest BCUT2D eigenvalue weighted by molar-refractivity contribution is -1.02. The molecule has 1 atom stereocenters.